The molecule has 30 heavy (non-hydrogen) atoms. The Morgan fingerprint density at radius 1 is 1.23 bits per heavy atom. The number of anilines is 2. The second-order valence-corrected chi connectivity index (χ2v) is 8.62. The molecule has 2 aromatic rings. The van der Waals surface area contributed by atoms with Crippen molar-refractivity contribution in [2.45, 2.75) is 44.1 Å². The summed E-state index contributed by atoms with van der Waals surface area (Å²) in [6.07, 6.45) is 2.53. The van der Waals surface area contributed by atoms with E-state index in [0.717, 1.165) is 32.1 Å². The molecule has 0 unspecified atom stereocenters. The lowest BCUT2D eigenvalue weighted by molar-refractivity contribution is -0.127. The molecule has 3 fully saturated rings. The molecule has 3 aliphatic rings. The molecule has 158 valence electrons. The van der Waals surface area contributed by atoms with Crippen LogP contribution in [0.1, 0.15) is 31.4 Å². The number of nitriles is 1. The van der Waals surface area contributed by atoms with E-state index in [-0.39, 0.29) is 30.7 Å². The molecular weight excluding hydrogens is 392 g/mol. The number of alkyl halides is 2. The van der Waals surface area contributed by atoms with Crippen LogP contribution < -0.4 is 10.2 Å². The number of hydrogen-bond acceptors (Lipinski definition) is 7. The summed E-state index contributed by atoms with van der Waals surface area (Å²) in [5.74, 6) is -0.790. The van der Waals surface area contributed by atoms with Gasteiger partial charge in [-0.05, 0) is 18.9 Å². The van der Waals surface area contributed by atoms with Gasteiger partial charge in [-0.1, -0.05) is 0 Å². The quantitative estimate of drug-likeness (QED) is 0.802. The molecule has 10 heteroatoms. The summed E-state index contributed by atoms with van der Waals surface area (Å²) in [5.41, 5.74) is 0.879. The summed E-state index contributed by atoms with van der Waals surface area (Å²) < 4.78 is 33.9. The number of nitrogens with one attached hydrogen (secondary N) is 1. The number of nitrogens with zero attached hydrogens (tertiary/aromatic N) is 6. The van der Waals surface area contributed by atoms with E-state index in [1.54, 1.807) is 16.9 Å². The zero-order valence-corrected chi connectivity index (χ0v) is 16.5. The van der Waals surface area contributed by atoms with Crippen molar-refractivity contribution in [3.63, 3.8) is 0 Å². The number of aromatic nitrogens is 4. The first kappa shape index (κ1) is 19.2. The molecule has 2 saturated heterocycles. The zero-order valence-electron chi connectivity index (χ0n) is 16.5. The van der Waals surface area contributed by atoms with Crippen molar-refractivity contribution in [2.24, 2.45) is 5.41 Å². The highest BCUT2D eigenvalue weighted by molar-refractivity contribution is 5.54. The number of ether oxygens (including phenoxy) is 1. The average Bonchev–Trinajstić information content (AvgIpc) is 3.10. The third kappa shape index (κ3) is 3.69. The fourth-order valence-corrected chi connectivity index (χ4v) is 4.30. The van der Waals surface area contributed by atoms with Crippen LogP contribution in [0, 0.1) is 16.7 Å². The third-order valence-corrected chi connectivity index (χ3v) is 6.07. The van der Waals surface area contributed by atoms with Crippen LogP contribution in [0.5, 0.6) is 0 Å². The molecule has 1 N–H and O–H groups in total. The molecule has 0 bridgehead atoms. The first-order valence-electron chi connectivity index (χ1n) is 10.2. The smallest absolute Gasteiger partial charge is 0.254 e. The maximum absolute atomic E-state index is 13.5. The van der Waals surface area contributed by atoms with Gasteiger partial charge < -0.3 is 15.0 Å². The normalized spacial score (nSPS) is 22.2. The summed E-state index contributed by atoms with van der Waals surface area (Å²) in [5, 5.41) is 16.6. The largest absolute Gasteiger partial charge is 0.380 e. The molecule has 8 nitrogen and oxygen atoms in total. The van der Waals surface area contributed by atoms with Gasteiger partial charge in [0.05, 0.1) is 36.8 Å². The Morgan fingerprint density at radius 3 is 2.67 bits per heavy atom. The van der Waals surface area contributed by atoms with Crippen molar-refractivity contribution in [1.29, 1.82) is 5.26 Å². The lowest BCUT2D eigenvalue weighted by Crippen LogP contribution is -2.66. The lowest BCUT2D eigenvalue weighted by atomic mass is 9.78. The molecular formula is C20H23F2N7O. The van der Waals surface area contributed by atoms with Crippen molar-refractivity contribution < 1.29 is 13.5 Å². The van der Waals surface area contributed by atoms with E-state index < -0.39 is 5.92 Å². The van der Waals surface area contributed by atoms with Gasteiger partial charge >= 0.3 is 0 Å². The second-order valence-electron chi connectivity index (χ2n) is 8.62. The highest BCUT2D eigenvalue weighted by Gasteiger charge is 2.49. The van der Waals surface area contributed by atoms with E-state index in [1.807, 2.05) is 6.07 Å². The van der Waals surface area contributed by atoms with Crippen LogP contribution in [0.2, 0.25) is 0 Å². The summed E-state index contributed by atoms with van der Waals surface area (Å²) in [6, 6.07) is 5.67. The van der Waals surface area contributed by atoms with Gasteiger partial charge in [-0.2, -0.15) is 20.3 Å². The van der Waals surface area contributed by atoms with Gasteiger partial charge in [0.1, 0.15) is 11.6 Å². The molecule has 0 amide bonds. The van der Waals surface area contributed by atoms with Crippen molar-refractivity contribution >= 4 is 11.6 Å². The molecule has 0 aromatic carbocycles. The standard InChI is InChI=1S/C20H23F2N7O/c21-20(22)5-1-14(2-6-20)24-16-9-17(28-10-19(11-28)12-30-13-19)26-18(25-16)29-8-4-15(27-29)3-7-23/h4,8-9,14H,1-3,5-6,10-13H2,(H,24,25,26). The fraction of sp³-hybridized carbons (Fsp3) is 0.600. The summed E-state index contributed by atoms with van der Waals surface area (Å²) in [6.45, 7) is 3.30. The van der Waals surface area contributed by atoms with Crippen LogP contribution >= 0.6 is 0 Å². The first-order valence-corrected chi connectivity index (χ1v) is 10.2. The highest BCUT2D eigenvalue weighted by atomic mass is 19.3. The predicted octanol–water partition coefficient (Wildman–Crippen LogP) is 2.55. The topological polar surface area (TPSA) is 91.9 Å². The summed E-state index contributed by atoms with van der Waals surface area (Å²) in [4.78, 5) is 11.4. The van der Waals surface area contributed by atoms with Gasteiger partial charge in [-0.25, -0.2) is 13.5 Å². The van der Waals surface area contributed by atoms with Crippen molar-refractivity contribution in [1.82, 2.24) is 19.7 Å². The van der Waals surface area contributed by atoms with Crippen molar-refractivity contribution in [3.8, 4) is 12.0 Å². The van der Waals surface area contributed by atoms with Gasteiger partial charge in [0, 0.05) is 44.2 Å². The minimum absolute atomic E-state index is 0.0465. The average molecular weight is 415 g/mol. The minimum Gasteiger partial charge on any atom is -0.380 e. The Kier molecular flexibility index (Phi) is 4.58. The van der Waals surface area contributed by atoms with Gasteiger partial charge in [-0.15, -0.1) is 0 Å². The Labute approximate surface area is 172 Å². The van der Waals surface area contributed by atoms with Crippen LogP contribution in [-0.4, -0.2) is 58.0 Å². The van der Waals surface area contributed by atoms with Crippen molar-refractivity contribution in [2.75, 3.05) is 36.5 Å². The first-order chi connectivity index (χ1) is 14.4. The number of halogens is 2. The van der Waals surface area contributed by atoms with Crippen LogP contribution in [0.3, 0.4) is 0 Å². The molecule has 1 aliphatic carbocycles. The van der Waals surface area contributed by atoms with E-state index in [0.29, 0.717) is 30.3 Å². The highest BCUT2D eigenvalue weighted by Crippen LogP contribution is 2.40. The van der Waals surface area contributed by atoms with Crippen LogP contribution in [0.25, 0.3) is 5.95 Å². The van der Waals surface area contributed by atoms with Gasteiger partial charge in [0.15, 0.2) is 0 Å². The molecule has 0 atom stereocenters. The molecule has 2 aromatic heterocycles. The Hall–Kier alpha value is -2.80. The molecule has 4 heterocycles. The SMILES string of the molecule is N#CCc1ccn(-c2nc(NC3CCC(F)(F)CC3)cc(N3CC4(COC4)C3)n2)n1. The molecule has 0 radical (unpaired) electrons. The molecule has 5 rings (SSSR count). The molecule has 1 spiro atoms. The Bertz CT molecular complexity index is 964. The van der Waals surface area contributed by atoms with Crippen molar-refractivity contribution in [3.05, 3.63) is 24.0 Å². The zero-order chi connectivity index (χ0) is 20.8. The van der Waals surface area contributed by atoms with Crippen LogP contribution in [-0.2, 0) is 11.2 Å². The predicted molar refractivity (Wildman–Crippen MR) is 105 cm³/mol. The van der Waals surface area contributed by atoms with Gasteiger partial charge in [0.2, 0.25) is 5.92 Å². The third-order valence-electron chi connectivity index (χ3n) is 6.07. The van der Waals surface area contributed by atoms with E-state index in [9.17, 15) is 8.78 Å². The fourth-order valence-electron chi connectivity index (χ4n) is 4.30. The summed E-state index contributed by atoms with van der Waals surface area (Å²) in [7, 11) is 0. The van der Waals surface area contributed by atoms with Gasteiger partial charge in [0.25, 0.3) is 5.95 Å². The molecule has 2 aliphatic heterocycles. The number of rotatable bonds is 5. The van der Waals surface area contributed by atoms with Crippen LogP contribution in [0.4, 0.5) is 20.4 Å². The van der Waals surface area contributed by atoms with E-state index >= 15 is 0 Å². The van der Waals surface area contributed by atoms with E-state index in [2.05, 4.69) is 31.4 Å². The van der Waals surface area contributed by atoms with Gasteiger partial charge in [-0.3, -0.25) is 0 Å². The Morgan fingerprint density at radius 2 is 2.00 bits per heavy atom. The monoisotopic (exact) mass is 415 g/mol. The minimum atomic E-state index is -2.57. The maximum atomic E-state index is 13.5. The lowest BCUT2D eigenvalue weighted by Gasteiger charge is -2.55. The maximum Gasteiger partial charge on any atom is 0.254 e. The van der Waals surface area contributed by atoms with Crippen LogP contribution in [0.15, 0.2) is 18.3 Å². The Balaban J connectivity index is 1.39. The van der Waals surface area contributed by atoms with E-state index in [1.165, 1.54) is 0 Å². The molecule has 1 saturated carbocycles. The summed E-state index contributed by atoms with van der Waals surface area (Å²) >= 11 is 0. The second kappa shape index (κ2) is 7.16. The van der Waals surface area contributed by atoms with E-state index in [4.69, 9.17) is 10.00 Å². The number of hydrogen-bond donors (Lipinski definition) is 1.